The molecule has 0 amide bonds. The van der Waals surface area contributed by atoms with Crippen LogP contribution >= 0.6 is 33.9 Å². The maximum absolute atomic E-state index is 5.95. The molecule has 3 rings (SSSR count). The van der Waals surface area contributed by atoms with Crippen LogP contribution in [0.4, 0.5) is 5.69 Å². The summed E-state index contributed by atoms with van der Waals surface area (Å²) >= 11 is 3.85. The van der Waals surface area contributed by atoms with Gasteiger partial charge in [-0.3, -0.25) is 0 Å². The van der Waals surface area contributed by atoms with Crippen LogP contribution in [0.5, 0.6) is 0 Å². The molecule has 19 heavy (non-hydrogen) atoms. The molecule has 0 unspecified atom stereocenters. The Morgan fingerprint density at radius 2 is 2.11 bits per heavy atom. The van der Waals surface area contributed by atoms with E-state index in [1.54, 1.807) is 11.3 Å². The van der Waals surface area contributed by atoms with Gasteiger partial charge in [0.15, 0.2) is 0 Å². The van der Waals surface area contributed by atoms with Crippen molar-refractivity contribution in [3.05, 3.63) is 38.1 Å². The lowest BCUT2D eigenvalue weighted by molar-refractivity contribution is 0.432. The molecule has 0 atom stereocenters. The third-order valence-electron chi connectivity index (χ3n) is 2.77. The summed E-state index contributed by atoms with van der Waals surface area (Å²) in [6, 6.07) is 5.73. The van der Waals surface area contributed by atoms with Gasteiger partial charge in [0.1, 0.15) is 0 Å². The van der Waals surface area contributed by atoms with Crippen LogP contribution in [0.15, 0.2) is 33.5 Å². The number of benzene rings is 1. The standard InChI is InChI=1S/C13H10IN3OS/c1-7-5-19-6-10(7)12-16-13(18-17-12)9-4-8(14)2-3-11(9)15/h2-6H,15H2,1H3. The molecular formula is C13H10IN3OS. The Bertz CT molecular complexity index is 735. The fourth-order valence-corrected chi connectivity index (χ4v) is 3.06. The van der Waals surface area contributed by atoms with Crippen molar-refractivity contribution >= 4 is 39.6 Å². The van der Waals surface area contributed by atoms with Gasteiger partial charge in [0, 0.05) is 20.2 Å². The maximum atomic E-state index is 5.95. The molecule has 0 spiro atoms. The molecule has 2 heterocycles. The summed E-state index contributed by atoms with van der Waals surface area (Å²) in [6.45, 7) is 2.03. The van der Waals surface area contributed by atoms with Crippen LogP contribution in [-0.4, -0.2) is 10.1 Å². The van der Waals surface area contributed by atoms with E-state index in [4.69, 9.17) is 10.3 Å². The van der Waals surface area contributed by atoms with Crippen molar-refractivity contribution in [2.45, 2.75) is 6.92 Å². The number of rotatable bonds is 2. The molecule has 4 nitrogen and oxygen atoms in total. The molecule has 0 bridgehead atoms. The molecule has 1 aromatic carbocycles. The third-order valence-corrected chi connectivity index (χ3v) is 4.30. The number of halogens is 1. The van der Waals surface area contributed by atoms with Crippen LogP contribution in [0.2, 0.25) is 0 Å². The lowest BCUT2D eigenvalue weighted by Crippen LogP contribution is -1.90. The van der Waals surface area contributed by atoms with E-state index < -0.39 is 0 Å². The second kappa shape index (κ2) is 4.93. The number of aryl methyl sites for hydroxylation is 1. The average molecular weight is 383 g/mol. The van der Waals surface area contributed by atoms with E-state index >= 15 is 0 Å². The van der Waals surface area contributed by atoms with Gasteiger partial charge in [-0.15, -0.1) is 0 Å². The minimum Gasteiger partial charge on any atom is -0.398 e. The first kappa shape index (κ1) is 12.6. The molecule has 0 saturated heterocycles. The van der Waals surface area contributed by atoms with E-state index in [-0.39, 0.29) is 0 Å². The zero-order valence-corrected chi connectivity index (χ0v) is 13.0. The van der Waals surface area contributed by atoms with Gasteiger partial charge in [0.2, 0.25) is 5.82 Å². The van der Waals surface area contributed by atoms with E-state index in [1.165, 1.54) is 0 Å². The molecule has 6 heteroatoms. The van der Waals surface area contributed by atoms with Gasteiger partial charge in [0.25, 0.3) is 5.89 Å². The number of hydrogen-bond acceptors (Lipinski definition) is 5. The number of nitrogen functional groups attached to an aromatic ring is 1. The fourth-order valence-electron chi connectivity index (χ4n) is 1.75. The second-order valence-corrected chi connectivity index (χ2v) is 6.11. The van der Waals surface area contributed by atoms with Gasteiger partial charge in [0.05, 0.1) is 5.56 Å². The Balaban J connectivity index is 2.06. The summed E-state index contributed by atoms with van der Waals surface area (Å²) in [7, 11) is 0. The zero-order chi connectivity index (χ0) is 13.4. The van der Waals surface area contributed by atoms with Gasteiger partial charge in [-0.25, -0.2) is 0 Å². The van der Waals surface area contributed by atoms with Crippen molar-refractivity contribution in [1.82, 2.24) is 10.1 Å². The number of thiophene rings is 1. The predicted molar refractivity (Wildman–Crippen MR) is 84.9 cm³/mol. The number of nitrogens with two attached hydrogens (primary N) is 1. The highest BCUT2D eigenvalue weighted by atomic mass is 127. The Hall–Kier alpha value is -1.41. The summed E-state index contributed by atoms with van der Waals surface area (Å²) in [5.41, 5.74) is 9.51. The molecule has 0 fully saturated rings. The van der Waals surface area contributed by atoms with Gasteiger partial charge < -0.3 is 10.3 Å². The van der Waals surface area contributed by atoms with Gasteiger partial charge in [-0.2, -0.15) is 16.3 Å². The van der Waals surface area contributed by atoms with Crippen LogP contribution in [0.1, 0.15) is 5.56 Å². The van der Waals surface area contributed by atoms with E-state index in [2.05, 4.69) is 38.1 Å². The highest BCUT2D eigenvalue weighted by molar-refractivity contribution is 14.1. The topological polar surface area (TPSA) is 64.9 Å². The molecule has 3 aromatic rings. The summed E-state index contributed by atoms with van der Waals surface area (Å²) in [6.07, 6.45) is 0. The molecule has 0 saturated carbocycles. The zero-order valence-electron chi connectivity index (χ0n) is 10.1. The van der Waals surface area contributed by atoms with Crippen molar-refractivity contribution in [3.8, 4) is 22.8 Å². The van der Waals surface area contributed by atoms with Crippen molar-refractivity contribution in [3.63, 3.8) is 0 Å². The highest BCUT2D eigenvalue weighted by Crippen LogP contribution is 2.30. The number of hydrogen-bond donors (Lipinski definition) is 1. The Morgan fingerprint density at radius 3 is 2.84 bits per heavy atom. The average Bonchev–Trinajstić information content (AvgIpc) is 3.00. The van der Waals surface area contributed by atoms with Crippen molar-refractivity contribution in [2.24, 2.45) is 0 Å². The summed E-state index contributed by atoms with van der Waals surface area (Å²) in [4.78, 5) is 4.43. The minimum atomic E-state index is 0.455. The van der Waals surface area contributed by atoms with Crippen LogP contribution in [-0.2, 0) is 0 Å². The normalized spacial score (nSPS) is 10.8. The predicted octanol–water partition coefficient (Wildman–Crippen LogP) is 3.96. The summed E-state index contributed by atoms with van der Waals surface area (Å²) in [5, 5.41) is 8.11. The first-order chi connectivity index (χ1) is 9.15. The van der Waals surface area contributed by atoms with Crippen LogP contribution in [0.25, 0.3) is 22.8 Å². The first-order valence-electron chi connectivity index (χ1n) is 5.57. The maximum Gasteiger partial charge on any atom is 0.260 e. The summed E-state index contributed by atoms with van der Waals surface area (Å²) < 4.78 is 6.40. The number of anilines is 1. The largest absolute Gasteiger partial charge is 0.398 e. The van der Waals surface area contributed by atoms with E-state index in [9.17, 15) is 0 Å². The first-order valence-corrected chi connectivity index (χ1v) is 7.59. The lowest BCUT2D eigenvalue weighted by Gasteiger charge is -2.00. The number of nitrogens with zero attached hydrogens (tertiary/aromatic N) is 2. The third kappa shape index (κ3) is 2.37. The van der Waals surface area contributed by atoms with Crippen molar-refractivity contribution in [1.29, 1.82) is 0 Å². The molecule has 0 aliphatic carbocycles. The Morgan fingerprint density at radius 1 is 1.26 bits per heavy atom. The van der Waals surface area contributed by atoms with Crippen LogP contribution < -0.4 is 5.73 Å². The second-order valence-electron chi connectivity index (χ2n) is 4.12. The van der Waals surface area contributed by atoms with E-state index in [0.717, 1.165) is 20.3 Å². The molecule has 2 aromatic heterocycles. The molecule has 2 N–H and O–H groups in total. The highest BCUT2D eigenvalue weighted by Gasteiger charge is 2.15. The van der Waals surface area contributed by atoms with Crippen LogP contribution in [0, 0.1) is 10.5 Å². The monoisotopic (exact) mass is 383 g/mol. The molecule has 0 aliphatic heterocycles. The van der Waals surface area contributed by atoms with Crippen molar-refractivity contribution < 1.29 is 4.52 Å². The molecule has 0 radical (unpaired) electrons. The van der Waals surface area contributed by atoms with Crippen molar-refractivity contribution in [2.75, 3.05) is 5.73 Å². The lowest BCUT2D eigenvalue weighted by atomic mass is 10.2. The van der Waals surface area contributed by atoms with E-state index in [0.29, 0.717) is 17.4 Å². The molecule has 96 valence electrons. The van der Waals surface area contributed by atoms with Gasteiger partial charge >= 0.3 is 0 Å². The minimum absolute atomic E-state index is 0.455. The van der Waals surface area contributed by atoms with Crippen LogP contribution in [0.3, 0.4) is 0 Å². The SMILES string of the molecule is Cc1cscc1-c1noc(-c2cc(I)ccc2N)n1. The smallest absolute Gasteiger partial charge is 0.260 e. The fraction of sp³-hybridized carbons (Fsp3) is 0.0769. The van der Waals surface area contributed by atoms with Gasteiger partial charge in [-0.1, -0.05) is 5.16 Å². The number of aromatic nitrogens is 2. The van der Waals surface area contributed by atoms with E-state index in [1.807, 2.05) is 30.5 Å². The quantitative estimate of drug-likeness (QED) is 0.538. The molecular weight excluding hydrogens is 373 g/mol. The summed E-state index contributed by atoms with van der Waals surface area (Å²) in [5.74, 6) is 1.06. The Kier molecular flexibility index (Phi) is 3.28. The molecule has 0 aliphatic rings. The Labute approximate surface area is 127 Å². The van der Waals surface area contributed by atoms with Gasteiger partial charge in [-0.05, 0) is 58.7 Å².